The fraction of sp³-hybridized carbons (Fsp3) is 0.941. The van der Waals surface area contributed by atoms with Crippen LogP contribution in [-0.2, 0) is 9.53 Å². The van der Waals surface area contributed by atoms with Crippen LogP contribution in [0.1, 0.15) is 79.6 Å². The third-order valence-corrected chi connectivity index (χ3v) is 4.47. The fourth-order valence-corrected chi connectivity index (χ4v) is 2.74. The highest BCUT2D eigenvalue weighted by molar-refractivity contribution is 5.54. The largest absolute Gasteiger partial charge is 0.378 e. The Morgan fingerprint density at radius 3 is 1.89 bits per heavy atom. The SMILES string of the molecule is CCC1(OC)CCCC1.CCCC(C=O)C(C)(C)C. The summed E-state index contributed by atoms with van der Waals surface area (Å²) in [6, 6.07) is 0. The second-order valence-electron chi connectivity index (χ2n) is 6.85. The van der Waals surface area contributed by atoms with E-state index in [1.165, 1.54) is 32.1 Å². The van der Waals surface area contributed by atoms with Crippen molar-refractivity contribution in [1.82, 2.24) is 0 Å². The van der Waals surface area contributed by atoms with Gasteiger partial charge in [-0.1, -0.05) is 53.9 Å². The Kier molecular flexibility index (Phi) is 8.56. The highest BCUT2D eigenvalue weighted by Gasteiger charge is 2.31. The molecule has 0 bridgehead atoms. The van der Waals surface area contributed by atoms with Crippen molar-refractivity contribution < 1.29 is 9.53 Å². The van der Waals surface area contributed by atoms with Crippen LogP contribution in [0.4, 0.5) is 0 Å². The molecule has 0 radical (unpaired) electrons. The lowest BCUT2D eigenvalue weighted by molar-refractivity contribution is -0.114. The molecule has 0 spiro atoms. The second kappa shape index (κ2) is 8.73. The Hall–Kier alpha value is -0.370. The number of hydrogen-bond acceptors (Lipinski definition) is 2. The van der Waals surface area contributed by atoms with Gasteiger partial charge in [0.1, 0.15) is 6.29 Å². The van der Waals surface area contributed by atoms with Crippen LogP contribution in [-0.4, -0.2) is 19.0 Å². The molecule has 0 aliphatic heterocycles. The zero-order chi connectivity index (χ0) is 14.9. The van der Waals surface area contributed by atoms with Gasteiger partial charge in [0.25, 0.3) is 0 Å². The summed E-state index contributed by atoms with van der Waals surface area (Å²) < 4.78 is 5.45. The molecule has 1 unspecified atom stereocenters. The van der Waals surface area contributed by atoms with E-state index in [4.69, 9.17) is 4.74 Å². The Morgan fingerprint density at radius 2 is 1.74 bits per heavy atom. The van der Waals surface area contributed by atoms with Crippen LogP contribution < -0.4 is 0 Å². The standard InChI is InChI=1S/C9H18O.C8H16O/c1-5-6-8(7-10)9(2,3)4;1-3-8(9-2)6-4-5-7-8/h7-8H,5-6H2,1-4H3;3-7H2,1-2H3. The maximum absolute atomic E-state index is 10.5. The predicted octanol–water partition coefficient (Wildman–Crippen LogP) is 5.00. The van der Waals surface area contributed by atoms with E-state index in [2.05, 4.69) is 34.6 Å². The van der Waals surface area contributed by atoms with Crippen LogP contribution in [0.15, 0.2) is 0 Å². The van der Waals surface area contributed by atoms with Crippen molar-refractivity contribution in [2.45, 2.75) is 85.2 Å². The van der Waals surface area contributed by atoms with Gasteiger partial charge in [-0.15, -0.1) is 0 Å². The molecule has 0 aromatic carbocycles. The molecule has 1 aliphatic rings. The van der Waals surface area contributed by atoms with E-state index < -0.39 is 0 Å². The number of aldehydes is 1. The molecule has 1 saturated carbocycles. The average Bonchev–Trinajstić information content (AvgIpc) is 2.84. The molecule has 1 fully saturated rings. The minimum Gasteiger partial charge on any atom is -0.378 e. The summed E-state index contributed by atoms with van der Waals surface area (Å²) in [7, 11) is 1.84. The van der Waals surface area contributed by atoms with Crippen molar-refractivity contribution in [3.8, 4) is 0 Å². The molecular formula is C17H34O2. The van der Waals surface area contributed by atoms with Gasteiger partial charge in [0.2, 0.25) is 0 Å². The Balaban J connectivity index is 0.000000342. The van der Waals surface area contributed by atoms with Gasteiger partial charge in [0.05, 0.1) is 5.60 Å². The summed E-state index contributed by atoms with van der Waals surface area (Å²) in [5.74, 6) is 0.234. The summed E-state index contributed by atoms with van der Waals surface area (Å²) in [6.45, 7) is 10.7. The van der Waals surface area contributed by atoms with Gasteiger partial charge < -0.3 is 9.53 Å². The summed E-state index contributed by atoms with van der Waals surface area (Å²) in [5.41, 5.74) is 0.428. The van der Waals surface area contributed by atoms with Crippen molar-refractivity contribution in [3.63, 3.8) is 0 Å². The molecule has 0 N–H and O–H groups in total. The molecule has 114 valence electrons. The first-order chi connectivity index (χ1) is 8.85. The lowest BCUT2D eigenvalue weighted by atomic mass is 9.79. The van der Waals surface area contributed by atoms with E-state index >= 15 is 0 Å². The summed E-state index contributed by atoms with van der Waals surface area (Å²) in [4.78, 5) is 10.5. The smallest absolute Gasteiger partial charge is 0.123 e. The van der Waals surface area contributed by atoms with Crippen molar-refractivity contribution in [1.29, 1.82) is 0 Å². The molecule has 19 heavy (non-hydrogen) atoms. The molecule has 2 nitrogen and oxygen atoms in total. The number of ether oxygens (including phenoxy) is 1. The fourth-order valence-electron chi connectivity index (χ4n) is 2.74. The number of rotatable bonds is 5. The van der Waals surface area contributed by atoms with E-state index in [1.54, 1.807) is 0 Å². The zero-order valence-corrected chi connectivity index (χ0v) is 13.9. The molecule has 0 heterocycles. The monoisotopic (exact) mass is 270 g/mol. The Bertz CT molecular complexity index is 228. The Morgan fingerprint density at radius 1 is 1.21 bits per heavy atom. The highest BCUT2D eigenvalue weighted by atomic mass is 16.5. The van der Waals surface area contributed by atoms with E-state index in [0.29, 0.717) is 0 Å². The minimum atomic E-state index is 0.151. The van der Waals surface area contributed by atoms with Gasteiger partial charge in [-0.25, -0.2) is 0 Å². The summed E-state index contributed by atoms with van der Waals surface area (Å²) in [5, 5.41) is 0. The molecule has 2 heteroatoms. The van der Waals surface area contributed by atoms with Gasteiger partial charge >= 0.3 is 0 Å². The van der Waals surface area contributed by atoms with E-state index in [9.17, 15) is 4.79 Å². The topological polar surface area (TPSA) is 26.3 Å². The van der Waals surface area contributed by atoms with Crippen LogP contribution in [0, 0.1) is 11.3 Å². The molecule has 0 saturated heterocycles. The first kappa shape index (κ1) is 18.6. The number of methoxy groups -OCH3 is 1. The normalized spacial score (nSPS) is 19.5. The third-order valence-electron chi connectivity index (χ3n) is 4.47. The molecular weight excluding hydrogens is 236 g/mol. The van der Waals surface area contributed by atoms with E-state index in [-0.39, 0.29) is 16.9 Å². The van der Waals surface area contributed by atoms with Crippen LogP contribution in [0.5, 0.6) is 0 Å². The van der Waals surface area contributed by atoms with Crippen molar-refractivity contribution in [2.24, 2.45) is 11.3 Å². The van der Waals surface area contributed by atoms with Crippen molar-refractivity contribution in [2.75, 3.05) is 7.11 Å². The third kappa shape index (κ3) is 6.56. The quantitative estimate of drug-likeness (QED) is 0.657. The molecule has 1 aliphatic carbocycles. The first-order valence-electron chi connectivity index (χ1n) is 7.85. The van der Waals surface area contributed by atoms with E-state index in [1.807, 2.05) is 7.11 Å². The van der Waals surface area contributed by atoms with Gasteiger partial charge in [-0.2, -0.15) is 0 Å². The van der Waals surface area contributed by atoms with Crippen molar-refractivity contribution >= 4 is 6.29 Å². The maximum atomic E-state index is 10.5. The number of hydrogen-bond donors (Lipinski definition) is 0. The minimum absolute atomic E-state index is 0.151. The van der Waals surface area contributed by atoms with Gasteiger partial charge in [0, 0.05) is 13.0 Å². The highest BCUT2D eigenvalue weighted by Crippen LogP contribution is 2.34. The maximum Gasteiger partial charge on any atom is 0.123 e. The first-order valence-corrected chi connectivity index (χ1v) is 7.85. The average molecular weight is 270 g/mol. The number of carbonyl (C=O) groups is 1. The van der Waals surface area contributed by atoms with Crippen LogP contribution in [0.2, 0.25) is 0 Å². The van der Waals surface area contributed by atoms with Gasteiger partial charge in [0.15, 0.2) is 0 Å². The van der Waals surface area contributed by atoms with Gasteiger partial charge in [-0.05, 0) is 31.1 Å². The van der Waals surface area contributed by atoms with Crippen LogP contribution >= 0.6 is 0 Å². The van der Waals surface area contributed by atoms with Crippen molar-refractivity contribution in [3.05, 3.63) is 0 Å². The summed E-state index contributed by atoms with van der Waals surface area (Å²) in [6.07, 6.45) is 9.67. The van der Waals surface area contributed by atoms with Gasteiger partial charge in [-0.3, -0.25) is 0 Å². The molecule has 0 aromatic heterocycles. The predicted molar refractivity (Wildman–Crippen MR) is 82.4 cm³/mol. The van der Waals surface area contributed by atoms with Crippen LogP contribution in [0.3, 0.4) is 0 Å². The lowest BCUT2D eigenvalue weighted by Gasteiger charge is -2.25. The van der Waals surface area contributed by atoms with E-state index in [0.717, 1.165) is 19.1 Å². The second-order valence-corrected chi connectivity index (χ2v) is 6.85. The summed E-state index contributed by atoms with van der Waals surface area (Å²) >= 11 is 0. The molecule has 0 aromatic rings. The molecule has 1 atom stereocenters. The Labute approximate surface area is 120 Å². The molecule has 1 rings (SSSR count). The molecule has 0 amide bonds. The lowest BCUT2D eigenvalue weighted by Crippen LogP contribution is -2.25. The van der Waals surface area contributed by atoms with Crippen LogP contribution in [0.25, 0.3) is 0 Å². The number of carbonyl (C=O) groups excluding carboxylic acids is 1. The zero-order valence-electron chi connectivity index (χ0n) is 13.9.